The summed E-state index contributed by atoms with van der Waals surface area (Å²) < 4.78 is 23.1. The molecule has 0 unspecified atom stereocenters. The number of hydrogen-bond acceptors (Lipinski definition) is 5. The van der Waals surface area contributed by atoms with Crippen LogP contribution in [-0.4, -0.2) is 30.4 Å². The molecule has 114 valence electrons. The SMILES string of the molecule is CCCCCOP(=O)(CC(N)=NO)OCCCCC. The van der Waals surface area contributed by atoms with E-state index in [1.54, 1.807) is 0 Å². The molecule has 6 nitrogen and oxygen atoms in total. The van der Waals surface area contributed by atoms with Gasteiger partial charge in [-0.1, -0.05) is 44.7 Å². The minimum Gasteiger partial charge on any atom is -0.409 e. The first-order chi connectivity index (χ1) is 9.08. The molecule has 3 N–H and O–H groups in total. The van der Waals surface area contributed by atoms with Gasteiger partial charge in [0.15, 0.2) is 5.84 Å². The smallest absolute Gasteiger partial charge is 0.338 e. The highest BCUT2D eigenvalue weighted by molar-refractivity contribution is 7.54. The maximum absolute atomic E-state index is 12.4. The van der Waals surface area contributed by atoms with Crippen LogP contribution in [0.2, 0.25) is 0 Å². The fourth-order valence-corrected chi connectivity index (χ4v) is 3.00. The van der Waals surface area contributed by atoms with Crippen molar-refractivity contribution in [2.75, 3.05) is 19.4 Å². The molecule has 19 heavy (non-hydrogen) atoms. The number of unbranched alkanes of at least 4 members (excludes halogenated alkanes) is 4. The highest BCUT2D eigenvalue weighted by atomic mass is 31.2. The Kier molecular flexibility index (Phi) is 10.9. The Balaban J connectivity index is 4.24. The fraction of sp³-hybridized carbons (Fsp3) is 0.917. The van der Waals surface area contributed by atoms with E-state index in [0.717, 1.165) is 38.5 Å². The Hall–Kier alpha value is -0.580. The standard InChI is InChI=1S/C12H27N2O4P/c1-3-5-7-9-17-19(16,11-12(13)14-15)18-10-8-6-4-2/h15H,3-11H2,1-2H3,(H2,13,14). The second-order valence-electron chi connectivity index (χ2n) is 4.44. The molecule has 0 bridgehead atoms. The molecule has 0 spiro atoms. The van der Waals surface area contributed by atoms with Crippen molar-refractivity contribution in [3.63, 3.8) is 0 Å². The predicted molar refractivity (Wildman–Crippen MR) is 76.8 cm³/mol. The van der Waals surface area contributed by atoms with Crippen molar-refractivity contribution in [3.05, 3.63) is 0 Å². The molecule has 0 aliphatic heterocycles. The summed E-state index contributed by atoms with van der Waals surface area (Å²) in [5, 5.41) is 11.4. The Morgan fingerprint density at radius 1 is 1.11 bits per heavy atom. The van der Waals surface area contributed by atoms with Gasteiger partial charge < -0.3 is 20.0 Å². The lowest BCUT2D eigenvalue weighted by Gasteiger charge is -2.18. The molecule has 0 aliphatic rings. The summed E-state index contributed by atoms with van der Waals surface area (Å²) in [7, 11) is -3.29. The van der Waals surface area contributed by atoms with Gasteiger partial charge in [-0.3, -0.25) is 4.57 Å². The monoisotopic (exact) mass is 294 g/mol. The Bertz CT molecular complexity index is 281. The van der Waals surface area contributed by atoms with Gasteiger partial charge >= 0.3 is 7.60 Å². The van der Waals surface area contributed by atoms with Crippen LogP contribution in [0.25, 0.3) is 0 Å². The van der Waals surface area contributed by atoms with Crippen LogP contribution in [0.4, 0.5) is 0 Å². The third-order valence-corrected chi connectivity index (χ3v) is 4.42. The Morgan fingerprint density at radius 2 is 1.58 bits per heavy atom. The molecule has 0 radical (unpaired) electrons. The van der Waals surface area contributed by atoms with E-state index in [-0.39, 0.29) is 12.0 Å². The van der Waals surface area contributed by atoms with Gasteiger partial charge in [-0.05, 0) is 12.8 Å². The lowest BCUT2D eigenvalue weighted by Crippen LogP contribution is -2.19. The summed E-state index contributed by atoms with van der Waals surface area (Å²) in [6.45, 7) is 4.91. The number of hydrogen-bond donors (Lipinski definition) is 2. The Morgan fingerprint density at radius 3 is 1.95 bits per heavy atom. The molecule has 0 atom stereocenters. The van der Waals surface area contributed by atoms with Gasteiger partial charge in [-0.15, -0.1) is 0 Å². The minimum atomic E-state index is -3.29. The number of amidine groups is 1. The summed E-state index contributed by atoms with van der Waals surface area (Å²) in [5.41, 5.74) is 5.39. The van der Waals surface area contributed by atoms with Crippen LogP contribution in [0, 0.1) is 0 Å². The summed E-state index contributed by atoms with van der Waals surface area (Å²) in [4.78, 5) is 0. The second-order valence-corrected chi connectivity index (χ2v) is 6.50. The zero-order chi connectivity index (χ0) is 14.6. The second kappa shape index (κ2) is 11.3. The van der Waals surface area contributed by atoms with Gasteiger partial charge in [-0.25, -0.2) is 0 Å². The quantitative estimate of drug-likeness (QED) is 0.144. The van der Waals surface area contributed by atoms with Gasteiger partial charge in [0.05, 0.1) is 13.2 Å². The van der Waals surface area contributed by atoms with Crippen molar-refractivity contribution >= 4 is 13.4 Å². The summed E-state index contributed by atoms with van der Waals surface area (Å²) >= 11 is 0. The molecule has 0 fully saturated rings. The third-order valence-electron chi connectivity index (χ3n) is 2.56. The van der Waals surface area contributed by atoms with Crippen LogP contribution < -0.4 is 5.73 Å². The summed E-state index contributed by atoms with van der Waals surface area (Å²) in [6.07, 6.45) is 5.64. The van der Waals surface area contributed by atoms with Crippen molar-refractivity contribution in [3.8, 4) is 0 Å². The average molecular weight is 294 g/mol. The fourth-order valence-electron chi connectivity index (χ4n) is 1.47. The molecular weight excluding hydrogens is 267 g/mol. The van der Waals surface area contributed by atoms with E-state index in [2.05, 4.69) is 19.0 Å². The zero-order valence-electron chi connectivity index (χ0n) is 12.0. The van der Waals surface area contributed by atoms with E-state index in [9.17, 15) is 4.57 Å². The molecule has 0 amide bonds. The first-order valence-corrected chi connectivity index (χ1v) is 8.65. The third kappa shape index (κ3) is 9.93. The largest absolute Gasteiger partial charge is 0.409 e. The normalized spacial score (nSPS) is 12.8. The molecule has 0 aromatic carbocycles. The van der Waals surface area contributed by atoms with Crippen molar-refractivity contribution < 1.29 is 18.8 Å². The van der Waals surface area contributed by atoms with Crippen molar-refractivity contribution in [1.82, 2.24) is 0 Å². The van der Waals surface area contributed by atoms with Gasteiger partial charge in [0.25, 0.3) is 0 Å². The molecule has 7 heteroatoms. The molecule has 0 aliphatic carbocycles. The van der Waals surface area contributed by atoms with E-state index in [1.165, 1.54) is 0 Å². The van der Waals surface area contributed by atoms with Crippen molar-refractivity contribution in [2.45, 2.75) is 52.4 Å². The van der Waals surface area contributed by atoms with E-state index in [4.69, 9.17) is 20.0 Å². The average Bonchev–Trinajstić information content (AvgIpc) is 2.40. The molecular formula is C12H27N2O4P. The van der Waals surface area contributed by atoms with Crippen LogP contribution in [0.1, 0.15) is 52.4 Å². The number of nitrogens with zero attached hydrogens (tertiary/aromatic N) is 1. The highest BCUT2D eigenvalue weighted by Crippen LogP contribution is 2.48. The van der Waals surface area contributed by atoms with E-state index >= 15 is 0 Å². The molecule has 0 saturated carbocycles. The van der Waals surface area contributed by atoms with Crippen molar-refractivity contribution in [1.29, 1.82) is 0 Å². The van der Waals surface area contributed by atoms with E-state index in [0.29, 0.717) is 13.2 Å². The predicted octanol–water partition coefficient (Wildman–Crippen LogP) is 3.34. The summed E-state index contributed by atoms with van der Waals surface area (Å²) in [6, 6.07) is 0. The highest BCUT2D eigenvalue weighted by Gasteiger charge is 2.26. The number of rotatable bonds is 12. The van der Waals surface area contributed by atoms with Gasteiger partial charge in [0, 0.05) is 0 Å². The van der Waals surface area contributed by atoms with Gasteiger partial charge in [0.2, 0.25) is 0 Å². The number of nitrogens with two attached hydrogens (primary N) is 1. The zero-order valence-corrected chi connectivity index (χ0v) is 12.9. The van der Waals surface area contributed by atoms with Crippen LogP contribution in [0.5, 0.6) is 0 Å². The van der Waals surface area contributed by atoms with Gasteiger partial charge in [0.1, 0.15) is 6.16 Å². The van der Waals surface area contributed by atoms with Gasteiger partial charge in [-0.2, -0.15) is 0 Å². The van der Waals surface area contributed by atoms with E-state index in [1.807, 2.05) is 0 Å². The minimum absolute atomic E-state index is 0.130. The maximum atomic E-state index is 12.4. The molecule has 0 aromatic heterocycles. The molecule has 0 aromatic rings. The topological polar surface area (TPSA) is 94.1 Å². The van der Waals surface area contributed by atoms with Crippen LogP contribution in [0.15, 0.2) is 5.16 Å². The van der Waals surface area contributed by atoms with Crippen LogP contribution in [0.3, 0.4) is 0 Å². The first-order valence-electron chi connectivity index (χ1n) is 6.92. The van der Waals surface area contributed by atoms with Crippen LogP contribution >= 0.6 is 7.60 Å². The maximum Gasteiger partial charge on any atom is 0.338 e. The number of oxime groups is 1. The summed E-state index contributed by atoms with van der Waals surface area (Å²) in [5.74, 6) is -0.130. The lowest BCUT2D eigenvalue weighted by molar-refractivity contribution is 0.200. The van der Waals surface area contributed by atoms with Crippen molar-refractivity contribution in [2.24, 2.45) is 10.9 Å². The molecule has 0 heterocycles. The first kappa shape index (κ1) is 18.4. The van der Waals surface area contributed by atoms with E-state index < -0.39 is 7.60 Å². The Labute approximate surface area is 115 Å². The molecule has 0 rings (SSSR count). The molecule has 0 saturated heterocycles. The lowest BCUT2D eigenvalue weighted by atomic mass is 10.3. The van der Waals surface area contributed by atoms with Crippen LogP contribution in [-0.2, 0) is 13.6 Å².